The zero-order valence-corrected chi connectivity index (χ0v) is 6.70. The van der Waals surface area contributed by atoms with E-state index in [-0.39, 0.29) is 0 Å². The number of anilines is 2. The van der Waals surface area contributed by atoms with E-state index in [1.165, 1.54) is 0 Å². The van der Waals surface area contributed by atoms with E-state index in [4.69, 9.17) is 11.5 Å². The van der Waals surface area contributed by atoms with Gasteiger partial charge in [0, 0.05) is 6.04 Å². The number of rotatable bonds is 2. The van der Waals surface area contributed by atoms with E-state index in [1.54, 1.807) is 10.9 Å². The molecule has 0 aliphatic heterocycles. The molecule has 0 atom stereocenters. The maximum atomic E-state index is 5.50. The predicted molar refractivity (Wildman–Crippen MR) is 45.5 cm³/mol. The minimum atomic E-state index is 0.311. The van der Waals surface area contributed by atoms with Gasteiger partial charge < -0.3 is 16.9 Å². The predicted octanol–water partition coefficient (Wildman–Crippen LogP) is -0.000600. The van der Waals surface area contributed by atoms with Gasteiger partial charge in [0.25, 0.3) is 0 Å². The summed E-state index contributed by atoms with van der Waals surface area (Å²) in [5.74, 6) is 0.812. The Morgan fingerprint density at radius 1 is 1.55 bits per heavy atom. The van der Waals surface area contributed by atoms with Crippen molar-refractivity contribution in [2.45, 2.75) is 19.9 Å². The molecule has 0 fully saturated rings. The third-order valence-electron chi connectivity index (χ3n) is 1.15. The van der Waals surface area contributed by atoms with Crippen LogP contribution in [-0.4, -0.2) is 15.7 Å². The number of aromatic nitrogens is 2. The molecule has 0 radical (unpaired) electrons. The van der Waals surface area contributed by atoms with E-state index < -0.39 is 0 Å². The summed E-state index contributed by atoms with van der Waals surface area (Å²) >= 11 is 0. The second-order valence-corrected chi connectivity index (χ2v) is 2.68. The van der Waals surface area contributed by atoms with Crippen molar-refractivity contribution in [1.82, 2.24) is 9.66 Å². The Kier molecular flexibility index (Phi) is 1.89. The number of hydrogen-bond donors (Lipinski definition) is 3. The summed E-state index contributed by atoms with van der Waals surface area (Å²) in [5.41, 5.74) is 13.9. The Morgan fingerprint density at radius 2 is 2.18 bits per heavy atom. The standard InChI is InChI=1S/C6H13N5/c1-4(2)10-11-3-5(7)9-6(11)8/h3-4,10H,7H2,1-2H3,(H2,8,9). The van der Waals surface area contributed by atoms with Crippen LogP contribution in [0.15, 0.2) is 6.20 Å². The van der Waals surface area contributed by atoms with Gasteiger partial charge in [-0.25, -0.2) is 4.68 Å². The summed E-state index contributed by atoms with van der Waals surface area (Å²) < 4.78 is 1.61. The summed E-state index contributed by atoms with van der Waals surface area (Å²) in [6, 6.07) is 0.311. The maximum Gasteiger partial charge on any atom is 0.221 e. The first-order chi connectivity index (χ1) is 5.09. The van der Waals surface area contributed by atoms with Crippen LogP contribution < -0.4 is 16.9 Å². The molecule has 1 heterocycles. The molecule has 0 aliphatic carbocycles. The van der Waals surface area contributed by atoms with Crippen molar-refractivity contribution in [3.05, 3.63) is 6.20 Å². The van der Waals surface area contributed by atoms with Gasteiger partial charge in [-0.3, -0.25) is 0 Å². The minimum absolute atomic E-state index is 0.311. The zero-order valence-electron chi connectivity index (χ0n) is 6.70. The zero-order chi connectivity index (χ0) is 8.43. The lowest BCUT2D eigenvalue weighted by atomic mass is 10.4. The van der Waals surface area contributed by atoms with Gasteiger partial charge in [0.2, 0.25) is 5.95 Å². The molecule has 11 heavy (non-hydrogen) atoms. The monoisotopic (exact) mass is 155 g/mol. The fourth-order valence-corrected chi connectivity index (χ4v) is 0.795. The lowest BCUT2D eigenvalue weighted by Crippen LogP contribution is -2.22. The Labute approximate surface area is 65.4 Å². The number of nitrogens with zero attached hydrogens (tertiary/aromatic N) is 2. The maximum absolute atomic E-state index is 5.50. The summed E-state index contributed by atoms with van der Waals surface area (Å²) in [6.07, 6.45) is 1.65. The topological polar surface area (TPSA) is 81.9 Å². The van der Waals surface area contributed by atoms with Crippen LogP contribution >= 0.6 is 0 Å². The highest BCUT2D eigenvalue weighted by Crippen LogP contribution is 2.03. The smallest absolute Gasteiger partial charge is 0.221 e. The molecular formula is C6H13N5. The molecule has 5 heteroatoms. The van der Waals surface area contributed by atoms with E-state index in [1.807, 2.05) is 13.8 Å². The number of nitrogens with two attached hydrogens (primary N) is 2. The molecule has 0 aromatic carbocycles. The number of imidazole rings is 1. The van der Waals surface area contributed by atoms with Gasteiger partial charge in [-0.05, 0) is 13.8 Å². The van der Waals surface area contributed by atoms with Crippen molar-refractivity contribution in [1.29, 1.82) is 0 Å². The lowest BCUT2D eigenvalue weighted by molar-refractivity contribution is 0.743. The first kappa shape index (κ1) is 7.71. The SMILES string of the molecule is CC(C)Nn1cc(N)nc1N. The highest BCUT2D eigenvalue weighted by atomic mass is 15.5. The molecule has 62 valence electrons. The van der Waals surface area contributed by atoms with Gasteiger partial charge in [-0.15, -0.1) is 0 Å². The molecule has 1 aromatic rings. The minimum Gasteiger partial charge on any atom is -0.382 e. The van der Waals surface area contributed by atoms with Gasteiger partial charge in [0.1, 0.15) is 5.82 Å². The second-order valence-electron chi connectivity index (χ2n) is 2.68. The highest BCUT2D eigenvalue weighted by molar-refractivity contribution is 5.35. The summed E-state index contributed by atoms with van der Waals surface area (Å²) in [6.45, 7) is 4.02. The van der Waals surface area contributed by atoms with Crippen LogP contribution in [0.4, 0.5) is 11.8 Å². The van der Waals surface area contributed by atoms with Crippen LogP contribution in [0.5, 0.6) is 0 Å². The molecule has 0 bridgehead atoms. The largest absolute Gasteiger partial charge is 0.382 e. The van der Waals surface area contributed by atoms with E-state index >= 15 is 0 Å². The summed E-state index contributed by atoms with van der Waals surface area (Å²) in [4.78, 5) is 3.82. The molecule has 5 nitrogen and oxygen atoms in total. The van der Waals surface area contributed by atoms with Crippen molar-refractivity contribution < 1.29 is 0 Å². The third kappa shape index (κ3) is 1.76. The second kappa shape index (κ2) is 2.69. The molecule has 0 saturated heterocycles. The van der Waals surface area contributed by atoms with Crippen molar-refractivity contribution in [2.24, 2.45) is 0 Å². The molecule has 5 N–H and O–H groups in total. The van der Waals surface area contributed by atoms with E-state index in [2.05, 4.69) is 10.4 Å². The van der Waals surface area contributed by atoms with Crippen LogP contribution in [0.2, 0.25) is 0 Å². The molecule has 1 aromatic heterocycles. The summed E-state index contributed by atoms with van der Waals surface area (Å²) in [5, 5.41) is 0. The average molecular weight is 155 g/mol. The fourth-order valence-electron chi connectivity index (χ4n) is 0.795. The van der Waals surface area contributed by atoms with Crippen molar-refractivity contribution >= 4 is 11.8 Å². The molecule has 1 rings (SSSR count). The first-order valence-corrected chi connectivity index (χ1v) is 3.46. The van der Waals surface area contributed by atoms with Crippen LogP contribution in [0.25, 0.3) is 0 Å². The van der Waals surface area contributed by atoms with Crippen molar-refractivity contribution in [3.8, 4) is 0 Å². The van der Waals surface area contributed by atoms with Crippen LogP contribution in [0, 0.1) is 0 Å². The Bertz CT molecular complexity index is 239. The van der Waals surface area contributed by atoms with Gasteiger partial charge in [-0.2, -0.15) is 4.98 Å². The Hall–Kier alpha value is -1.39. The van der Waals surface area contributed by atoms with Crippen LogP contribution in [0.1, 0.15) is 13.8 Å². The number of nitrogens with one attached hydrogen (secondary N) is 1. The number of nitrogen functional groups attached to an aromatic ring is 2. The molecular weight excluding hydrogens is 142 g/mol. The van der Waals surface area contributed by atoms with Gasteiger partial charge >= 0.3 is 0 Å². The van der Waals surface area contributed by atoms with E-state index in [0.29, 0.717) is 17.8 Å². The van der Waals surface area contributed by atoms with Gasteiger partial charge in [0.05, 0.1) is 6.20 Å². The Balaban J connectivity index is 2.77. The molecule has 0 aliphatic rings. The Morgan fingerprint density at radius 3 is 2.55 bits per heavy atom. The average Bonchev–Trinajstić information content (AvgIpc) is 2.09. The normalized spacial score (nSPS) is 10.5. The van der Waals surface area contributed by atoms with Crippen LogP contribution in [-0.2, 0) is 0 Å². The highest BCUT2D eigenvalue weighted by Gasteiger charge is 2.01. The van der Waals surface area contributed by atoms with E-state index in [9.17, 15) is 0 Å². The lowest BCUT2D eigenvalue weighted by Gasteiger charge is -2.10. The fraction of sp³-hybridized carbons (Fsp3) is 0.500. The third-order valence-corrected chi connectivity index (χ3v) is 1.15. The molecule has 0 amide bonds. The number of hydrogen-bond acceptors (Lipinski definition) is 4. The van der Waals surface area contributed by atoms with Crippen LogP contribution in [0.3, 0.4) is 0 Å². The molecule has 0 unspecified atom stereocenters. The molecule has 0 spiro atoms. The van der Waals surface area contributed by atoms with Crippen molar-refractivity contribution in [2.75, 3.05) is 16.9 Å². The molecule has 0 saturated carbocycles. The van der Waals surface area contributed by atoms with Gasteiger partial charge in [0.15, 0.2) is 0 Å². The van der Waals surface area contributed by atoms with E-state index in [0.717, 1.165) is 0 Å². The summed E-state index contributed by atoms with van der Waals surface area (Å²) in [7, 11) is 0. The van der Waals surface area contributed by atoms with Gasteiger partial charge in [-0.1, -0.05) is 0 Å². The van der Waals surface area contributed by atoms with Crippen molar-refractivity contribution in [3.63, 3.8) is 0 Å². The quantitative estimate of drug-likeness (QED) is 0.561. The first-order valence-electron chi connectivity index (χ1n) is 3.46.